The Morgan fingerprint density at radius 3 is 1.93 bits per heavy atom. The van der Waals surface area contributed by atoms with Crippen molar-refractivity contribution in [3.05, 3.63) is 89.5 Å². The van der Waals surface area contributed by atoms with Gasteiger partial charge in [0.1, 0.15) is 11.6 Å². The zero-order valence-corrected chi connectivity index (χ0v) is 16.4. The summed E-state index contributed by atoms with van der Waals surface area (Å²) in [6.07, 6.45) is 1.15. The van der Waals surface area contributed by atoms with Crippen LogP contribution in [0.15, 0.2) is 76.6 Å². The maximum absolute atomic E-state index is 14.0. The summed E-state index contributed by atoms with van der Waals surface area (Å²) in [6.45, 7) is 0. The second kappa shape index (κ2) is 8.22. The minimum atomic E-state index is -4.31. The number of halogens is 5. The molecule has 1 aliphatic rings. The van der Waals surface area contributed by atoms with Crippen LogP contribution in [0.2, 0.25) is 0 Å². The third-order valence-corrected chi connectivity index (χ3v) is 5.67. The zero-order valence-electron chi connectivity index (χ0n) is 15.6. The molecule has 30 heavy (non-hydrogen) atoms. The summed E-state index contributed by atoms with van der Waals surface area (Å²) in [5, 5.41) is 0. The molecule has 1 heterocycles. The van der Waals surface area contributed by atoms with Gasteiger partial charge in [0.05, 0.1) is 11.6 Å². The first-order valence-electron chi connectivity index (χ1n) is 9.27. The Bertz CT molecular complexity index is 1050. The lowest BCUT2D eigenvalue weighted by atomic mass is 9.99. The Kier molecular flexibility index (Phi) is 5.64. The SMILES string of the molecule is Fc1cccc(F)c1C1=N[C@@H](c2ccc(-c3ccc(SC(F)(F)F)cc3)cc2)CC1. The van der Waals surface area contributed by atoms with Gasteiger partial charge in [0.2, 0.25) is 0 Å². The highest BCUT2D eigenvalue weighted by Crippen LogP contribution is 2.38. The molecular formula is C23H16F5NS. The second-order valence-electron chi connectivity index (χ2n) is 6.92. The summed E-state index contributed by atoms with van der Waals surface area (Å²) in [4.78, 5) is 4.66. The Balaban J connectivity index is 1.51. The third-order valence-electron chi connectivity index (χ3n) is 4.93. The van der Waals surface area contributed by atoms with E-state index in [9.17, 15) is 22.0 Å². The third kappa shape index (κ3) is 4.56. The number of rotatable bonds is 4. The minimum absolute atomic E-state index is 0.0616. The summed E-state index contributed by atoms with van der Waals surface area (Å²) in [5.41, 5.74) is -1.35. The van der Waals surface area contributed by atoms with E-state index >= 15 is 0 Å². The summed E-state index contributed by atoms with van der Waals surface area (Å²) in [6, 6.07) is 17.3. The molecule has 3 aromatic carbocycles. The molecule has 4 rings (SSSR count). The minimum Gasteiger partial charge on any atom is -0.281 e. The number of nitrogens with zero attached hydrogens (tertiary/aromatic N) is 1. The highest BCUT2D eigenvalue weighted by atomic mass is 32.2. The van der Waals surface area contributed by atoms with Gasteiger partial charge in [-0.1, -0.05) is 42.5 Å². The molecule has 3 aromatic rings. The van der Waals surface area contributed by atoms with Gasteiger partial charge in [-0.3, -0.25) is 4.99 Å². The Hall–Kier alpha value is -2.67. The molecule has 0 N–H and O–H groups in total. The summed E-state index contributed by atoms with van der Waals surface area (Å²) in [5.74, 6) is -1.23. The van der Waals surface area contributed by atoms with Crippen molar-refractivity contribution in [2.24, 2.45) is 4.99 Å². The fourth-order valence-electron chi connectivity index (χ4n) is 3.54. The Morgan fingerprint density at radius 2 is 1.37 bits per heavy atom. The predicted molar refractivity (Wildman–Crippen MR) is 109 cm³/mol. The van der Waals surface area contributed by atoms with Crippen LogP contribution in [0.1, 0.15) is 30.0 Å². The molecule has 0 radical (unpaired) electrons. The normalized spacial score (nSPS) is 16.6. The number of aliphatic imine (C=N–C) groups is 1. The van der Waals surface area contributed by atoms with E-state index in [4.69, 9.17) is 0 Å². The lowest BCUT2D eigenvalue weighted by Gasteiger charge is -2.10. The first-order valence-corrected chi connectivity index (χ1v) is 10.1. The van der Waals surface area contributed by atoms with E-state index < -0.39 is 17.1 Å². The van der Waals surface area contributed by atoms with E-state index in [2.05, 4.69) is 4.99 Å². The average molecular weight is 433 g/mol. The number of hydrogen-bond acceptors (Lipinski definition) is 2. The van der Waals surface area contributed by atoms with Gasteiger partial charge < -0.3 is 0 Å². The van der Waals surface area contributed by atoms with E-state index in [1.54, 1.807) is 12.1 Å². The van der Waals surface area contributed by atoms with Crippen LogP contribution in [0.3, 0.4) is 0 Å². The number of hydrogen-bond donors (Lipinski definition) is 0. The van der Waals surface area contributed by atoms with Gasteiger partial charge in [0, 0.05) is 10.6 Å². The van der Waals surface area contributed by atoms with Crippen LogP contribution in [-0.4, -0.2) is 11.2 Å². The summed E-state index contributed by atoms with van der Waals surface area (Å²) >= 11 is -0.144. The maximum Gasteiger partial charge on any atom is 0.446 e. The van der Waals surface area contributed by atoms with Gasteiger partial charge in [0.15, 0.2) is 0 Å². The molecule has 154 valence electrons. The molecule has 0 saturated heterocycles. The molecule has 1 aliphatic heterocycles. The fourth-order valence-corrected chi connectivity index (χ4v) is 4.08. The van der Waals surface area contributed by atoms with Crippen molar-refractivity contribution < 1.29 is 22.0 Å². The molecule has 7 heteroatoms. The van der Waals surface area contributed by atoms with E-state index in [0.29, 0.717) is 18.6 Å². The fraction of sp³-hybridized carbons (Fsp3) is 0.174. The molecule has 0 aliphatic carbocycles. The largest absolute Gasteiger partial charge is 0.446 e. The molecule has 0 amide bonds. The number of thioether (sulfide) groups is 1. The van der Waals surface area contributed by atoms with Crippen LogP contribution >= 0.6 is 11.8 Å². The molecular weight excluding hydrogens is 417 g/mol. The van der Waals surface area contributed by atoms with Crippen LogP contribution in [-0.2, 0) is 0 Å². The summed E-state index contributed by atoms with van der Waals surface area (Å²) < 4.78 is 65.4. The van der Waals surface area contributed by atoms with Gasteiger partial charge in [-0.2, -0.15) is 13.2 Å². The van der Waals surface area contributed by atoms with E-state index in [0.717, 1.165) is 16.7 Å². The van der Waals surface area contributed by atoms with Crippen LogP contribution in [0.5, 0.6) is 0 Å². The molecule has 0 saturated carbocycles. The van der Waals surface area contributed by atoms with Crippen molar-refractivity contribution in [3.8, 4) is 11.1 Å². The van der Waals surface area contributed by atoms with Crippen molar-refractivity contribution >= 4 is 17.5 Å². The molecule has 0 fully saturated rings. The lowest BCUT2D eigenvalue weighted by molar-refractivity contribution is -0.0328. The molecule has 0 spiro atoms. The quantitative estimate of drug-likeness (QED) is 0.305. The number of benzene rings is 3. The second-order valence-corrected chi connectivity index (χ2v) is 8.06. The van der Waals surface area contributed by atoms with Gasteiger partial charge in [0.25, 0.3) is 0 Å². The standard InChI is InChI=1S/C23H16F5NS/c24-18-2-1-3-19(25)22(18)21-13-12-20(29-21)16-6-4-14(5-7-16)15-8-10-17(11-9-15)30-23(26,27)28/h1-11,20H,12-13H2/t20-/m1/s1. The number of alkyl halides is 3. The van der Waals surface area contributed by atoms with Crippen LogP contribution < -0.4 is 0 Å². The van der Waals surface area contributed by atoms with Crippen molar-refractivity contribution in [2.75, 3.05) is 0 Å². The molecule has 0 bridgehead atoms. The van der Waals surface area contributed by atoms with Crippen molar-refractivity contribution in [1.29, 1.82) is 0 Å². The van der Waals surface area contributed by atoms with Crippen molar-refractivity contribution in [1.82, 2.24) is 0 Å². The topological polar surface area (TPSA) is 12.4 Å². The Morgan fingerprint density at radius 1 is 0.800 bits per heavy atom. The smallest absolute Gasteiger partial charge is 0.281 e. The van der Waals surface area contributed by atoms with Crippen LogP contribution in [0, 0.1) is 11.6 Å². The predicted octanol–water partition coefficient (Wildman–Crippen LogP) is 7.57. The van der Waals surface area contributed by atoms with Crippen LogP contribution in [0.25, 0.3) is 11.1 Å². The molecule has 0 aromatic heterocycles. The highest BCUT2D eigenvalue weighted by molar-refractivity contribution is 8.00. The summed E-state index contributed by atoms with van der Waals surface area (Å²) in [7, 11) is 0. The maximum atomic E-state index is 14.0. The monoisotopic (exact) mass is 433 g/mol. The zero-order chi connectivity index (χ0) is 21.3. The van der Waals surface area contributed by atoms with Gasteiger partial charge >= 0.3 is 5.51 Å². The van der Waals surface area contributed by atoms with Crippen molar-refractivity contribution in [2.45, 2.75) is 29.3 Å². The van der Waals surface area contributed by atoms with E-state index in [1.807, 2.05) is 24.3 Å². The highest BCUT2D eigenvalue weighted by Gasteiger charge is 2.29. The Labute approximate surface area is 174 Å². The first kappa shape index (κ1) is 20.6. The van der Waals surface area contributed by atoms with Crippen LogP contribution in [0.4, 0.5) is 22.0 Å². The molecule has 1 atom stereocenters. The van der Waals surface area contributed by atoms with Crippen molar-refractivity contribution in [3.63, 3.8) is 0 Å². The molecule has 1 nitrogen and oxygen atoms in total. The first-order chi connectivity index (χ1) is 14.3. The van der Waals surface area contributed by atoms with Gasteiger partial charge in [-0.15, -0.1) is 0 Å². The van der Waals surface area contributed by atoms with Gasteiger partial charge in [-0.05, 0) is 65.6 Å². The van der Waals surface area contributed by atoms with E-state index in [1.165, 1.54) is 30.3 Å². The lowest BCUT2D eigenvalue weighted by Crippen LogP contribution is -2.03. The van der Waals surface area contributed by atoms with Gasteiger partial charge in [-0.25, -0.2) is 8.78 Å². The van der Waals surface area contributed by atoms with E-state index in [-0.39, 0.29) is 28.3 Å². The molecule has 0 unspecified atom stereocenters. The average Bonchev–Trinajstić information content (AvgIpc) is 3.17.